The Hall–Kier alpha value is -4.73. The van der Waals surface area contributed by atoms with E-state index < -0.39 is 4.92 Å². The molecule has 1 N–H and O–H groups in total. The molecule has 1 aliphatic rings. The number of carbonyl (C=O) groups excluding carboxylic acids is 1. The number of phenols is 1. The molecule has 4 rings (SSSR count). The molecule has 10 heteroatoms. The predicted molar refractivity (Wildman–Crippen MR) is 122 cm³/mol. The third-order valence-electron chi connectivity index (χ3n) is 4.95. The molecule has 0 fully saturated rings. The monoisotopic (exact) mass is 443 g/mol. The number of phenolic OH excluding ortho intramolecular Hbond substituents is 1. The van der Waals surface area contributed by atoms with Crippen molar-refractivity contribution in [2.24, 2.45) is 22.4 Å². The van der Waals surface area contributed by atoms with Gasteiger partial charge in [0.15, 0.2) is 0 Å². The number of aromatic hydroxyl groups is 1. The number of aryl methyl sites for hydroxylation is 1. The van der Waals surface area contributed by atoms with E-state index in [9.17, 15) is 20.0 Å². The van der Waals surface area contributed by atoms with Gasteiger partial charge in [-0.15, -0.1) is 5.11 Å². The number of amides is 1. The van der Waals surface area contributed by atoms with E-state index in [1.54, 1.807) is 35.8 Å². The van der Waals surface area contributed by atoms with Gasteiger partial charge in [0.2, 0.25) is 0 Å². The molecule has 33 heavy (non-hydrogen) atoms. The van der Waals surface area contributed by atoms with Crippen molar-refractivity contribution in [1.29, 1.82) is 0 Å². The van der Waals surface area contributed by atoms with Crippen LogP contribution in [0, 0.1) is 10.1 Å². The van der Waals surface area contributed by atoms with Crippen LogP contribution in [-0.2, 0) is 11.8 Å². The number of nitro benzene ring substituents is 1. The molecule has 0 saturated heterocycles. The van der Waals surface area contributed by atoms with Crippen LogP contribution < -0.4 is 9.58 Å². The van der Waals surface area contributed by atoms with Crippen LogP contribution in [-0.4, -0.2) is 21.6 Å². The van der Waals surface area contributed by atoms with Gasteiger partial charge in [0.25, 0.3) is 5.69 Å². The first-order valence-corrected chi connectivity index (χ1v) is 9.89. The highest BCUT2D eigenvalue weighted by Crippen LogP contribution is 2.31. The van der Waals surface area contributed by atoms with E-state index in [2.05, 4.69) is 15.3 Å². The van der Waals surface area contributed by atoms with Crippen LogP contribution in [0.2, 0.25) is 0 Å². The van der Waals surface area contributed by atoms with Crippen molar-refractivity contribution >= 4 is 40.6 Å². The summed E-state index contributed by atoms with van der Waals surface area (Å²) in [6, 6.07) is 15.7. The van der Waals surface area contributed by atoms with Gasteiger partial charge in [-0.2, -0.15) is 5.11 Å². The summed E-state index contributed by atoms with van der Waals surface area (Å²) >= 11 is 0. The van der Waals surface area contributed by atoms with Gasteiger partial charge in [-0.25, -0.2) is 9.36 Å². The van der Waals surface area contributed by atoms with E-state index in [0.29, 0.717) is 28.4 Å². The van der Waals surface area contributed by atoms with Crippen LogP contribution >= 0.6 is 0 Å². The zero-order chi connectivity index (χ0) is 23.5. The first kappa shape index (κ1) is 21.5. The SMILES string of the molecule is CC1=NN(c2cccc[n+]2C)C(=O)C1=Cc1ccc(O)c(N=Nc2ccc([N+](=O)[O-])cc2)c1. The molecule has 0 spiro atoms. The minimum Gasteiger partial charge on any atom is -0.506 e. The Balaban J connectivity index is 1.60. The normalized spacial score (nSPS) is 14.8. The number of aromatic nitrogens is 1. The Labute approximate surface area is 188 Å². The number of carbonyl (C=O) groups is 1. The van der Waals surface area contributed by atoms with Crippen LogP contribution in [0.25, 0.3) is 6.08 Å². The number of azo groups is 1. The van der Waals surface area contributed by atoms with Gasteiger partial charge in [-0.3, -0.25) is 10.1 Å². The highest BCUT2D eigenvalue weighted by molar-refractivity contribution is 6.31. The third-order valence-corrected chi connectivity index (χ3v) is 4.95. The second-order valence-corrected chi connectivity index (χ2v) is 7.25. The first-order chi connectivity index (χ1) is 15.8. The fourth-order valence-electron chi connectivity index (χ4n) is 3.20. The van der Waals surface area contributed by atoms with Gasteiger partial charge in [-0.05, 0) is 48.9 Å². The first-order valence-electron chi connectivity index (χ1n) is 9.89. The zero-order valence-electron chi connectivity index (χ0n) is 17.8. The summed E-state index contributed by atoms with van der Waals surface area (Å²) in [5.74, 6) is 0.272. The minimum atomic E-state index is -0.502. The Morgan fingerprint density at radius 1 is 1.12 bits per heavy atom. The number of anilines is 1. The van der Waals surface area contributed by atoms with Crippen molar-refractivity contribution in [3.05, 3.63) is 88.1 Å². The largest absolute Gasteiger partial charge is 0.506 e. The van der Waals surface area contributed by atoms with Crippen molar-refractivity contribution in [3.63, 3.8) is 0 Å². The summed E-state index contributed by atoms with van der Waals surface area (Å²) in [7, 11) is 1.83. The predicted octanol–water partition coefficient (Wildman–Crippen LogP) is 4.35. The van der Waals surface area contributed by atoms with Crippen molar-refractivity contribution < 1.29 is 19.4 Å². The fourth-order valence-corrected chi connectivity index (χ4v) is 3.20. The van der Waals surface area contributed by atoms with Crippen molar-refractivity contribution in [2.75, 3.05) is 5.01 Å². The van der Waals surface area contributed by atoms with Crippen molar-refractivity contribution in [1.82, 2.24) is 0 Å². The highest BCUT2D eigenvalue weighted by atomic mass is 16.6. The standard InChI is InChI=1S/C23H18N6O4/c1-15-19(23(31)28(26-15)22-5-3-4-12-27(22)2)13-16-6-11-21(30)20(14-16)25-24-17-7-9-18(10-8-17)29(32)33/h3-14H,1-2H3/p+1. The molecule has 1 amide bonds. The number of benzene rings is 2. The van der Waals surface area contributed by atoms with Gasteiger partial charge >= 0.3 is 11.7 Å². The van der Waals surface area contributed by atoms with Gasteiger partial charge in [-0.1, -0.05) is 22.2 Å². The van der Waals surface area contributed by atoms with E-state index >= 15 is 0 Å². The van der Waals surface area contributed by atoms with Gasteiger partial charge in [0.1, 0.15) is 11.4 Å². The van der Waals surface area contributed by atoms with Crippen LogP contribution in [0.3, 0.4) is 0 Å². The molecule has 2 aromatic carbocycles. The molecule has 164 valence electrons. The Morgan fingerprint density at radius 2 is 1.88 bits per heavy atom. The Kier molecular flexibility index (Phi) is 5.73. The molecule has 0 unspecified atom stereocenters. The maximum atomic E-state index is 13.0. The highest BCUT2D eigenvalue weighted by Gasteiger charge is 2.37. The van der Waals surface area contributed by atoms with Gasteiger partial charge in [0, 0.05) is 18.2 Å². The number of hydrogen-bond acceptors (Lipinski definition) is 7. The summed E-state index contributed by atoms with van der Waals surface area (Å²) in [5.41, 5.74) is 2.14. The topological polar surface area (TPSA) is 125 Å². The molecule has 0 atom stereocenters. The smallest absolute Gasteiger partial charge is 0.368 e. The third kappa shape index (κ3) is 4.49. The van der Waals surface area contributed by atoms with Crippen LogP contribution in [0.5, 0.6) is 5.75 Å². The number of nitro groups is 1. The molecule has 3 aromatic rings. The van der Waals surface area contributed by atoms with Crippen LogP contribution in [0.15, 0.2) is 87.8 Å². The lowest BCUT2D eigenvalue weighted by atomic mass is 10.1. The fraction of sp³-hybridized carbons (Fsp3) is 0.0870. The van der Waals surface area contributed by atoms with Crippen LogP contribution in [0.4, 0.5) is 22.9 Å². The molecule has 0 bridgehead atoms. The summed E-state index contributed by atoms with van der Waals surface area (Å²) in [5, 5.41) is 34.7. The lowest BCUT2D eigenvalue weighted by molar-refractivity contribution is -0.658. The zero-order valence-corrected chi connectivity index (χ0v) is 17.8. The van der Waals surface area contributed by atoms with Gasteiger partial charge < -0.3 is 5.11 Å². The lowest BCUT2D eigenvalue weighted by Crippen LogP contribution is -2.37. The maximum Gasteiger partial charge on any atom is 0.368 e. The number of hydrazone groups is 1. The molecule has 2 heterocycles. The minimum absolute atomic E-state index is 0.0539. The van der Waals surface area contributed by atoms with E-state index in [0.717, 1.165) is 0 Å². The number of hydrogen-bond donors (Lipinski definition) is 1. The number of nitrogens with zero attached hydrogens (tertiary/aromatic N) is 6. The summed E-state index contributed by atoms with van der Waals surface area (Å²) in [6.45, 7) is 1.75. The van der Waals surface area contributed by atoms with E-state index in [1.165, 1.54) is 35.3 Å². The molecule has 0 radical (unpaired) electrons. The quantitative estimate of drug-likeness (QED) is 0.207. The molecular weight excluding hydrogens is 424 g/mol. The molecule has 0 saturated carbocycles. The lowest BCUT2D eigenvalue weighted by Gasteiger charge is -2.05. The number of non-ortho nitro benzene ring substituents is 1. The number of rotatable bonds is 5. The van der Waals surface area contributed by atoms with E-state index in [1.807, 2.05) is 25.4 Å². The summed E-state index contributed by atoms with van der Waals surface area (Å²) in [4.78, 5) is 23.3. The Morgan fingerprint density at radius 3 is 2.58 bits per heavy atom. The maximum absolute atomic E-state index is 13.0. The molecule has 1 aliphatic heterocycles. The molecular formula is C23H19N6O4+. The van der Waals surface area contributed by atoms with Crippen LogP contribution in [0.1, 0.15) is 12.5 Å². The molecule has 1 aromatic heterocycles. The summed E-state index contributed by atoms with van der Waals surface area (Å²) < 4.78 is 1.80. The second kappa shape index (κ2) is 8.79. The van der Waals surface area contributed by atoms with E-state index in [-0.39, 0.29) is 23.0 Å². The Bertz CT molecular complexity index is 1350. The van der Waals surface area contributed by atoms with Crippen molar-refractivity contribution in [3.8, 4) is 5.75 Å². The van der Waals surface area contributed by atoms with E-state index in [4.69, 9.17) is 0 Å². The molecule has 10 nitrogen and oxygen atoms in total. The average molecular weight is 443 g/mol. The van der Waals surface area contributed by atoms with Gasteiger partial charge in [0.05, 0.1) is 35.1 Å². The average Bonchev–Trinajstić information content (AvgIpc) is 3.08. The van der Waals surface area contributed by atoms with Crippen molar-refractivity contribution in [2.45, 2.75) is 6.92 Å². The summed E-state index contributed by atoms with van der Waals surface area (Å²) in [6.07, 6.45) is 3.51. The second-order valence-electron chi connectivity index (χ2n) is 7.25. The number of pyridine rings is 1. The molecule has 0 aliphatic carbocycles.